The zero-order valence-corrected chi connectivity index (χ0v) is 17.3. The summed E-state index contributed by atoms with van der Waals surface area (Å²) in [5.41, 5.74) is 3.14. The molecule has 0 aromatic heterocycles. The molecule has 5 nitrogen and oxygen atoms in total. The predicted octanol–water partition coefficient (Wildman–Crippen LogP) is 3.74. The molecule has 0 radical (unpaired) electrons. The number of carbonyl (C=O) groups excluding carboxylic acids is 1. The lowest BCUT2D eigenvalue weighted by molar-refractivity contribution is -0.128. The molecule has 2 atom stereocenters. The van der Waals surface area contributed by atoms with Crippen LogP contribution in [0.25, 0.3) is 0 Å². The fourth-order valence-electron chi connectivity index (χ4n) is 2.70. The van der Waals surface area contributed by atoms with Crippen LogP contribution in [-0.4, -0.2) is 26.7 Å². The summed E-state index contributed by atoms with van der Waals surface area (Å²) in [5.74, 6) is 0.443. The average Bonchev–Trinajstić information content (AvgIpc) is 2.62. The molecule has 0 aliphatic carbocycles. The zero-order valence-electron chi connectivity index (χ0n) is 16.4. The van der Waals surface area contributed by atoms with Crippen molar-refractivity contribution < 1.29 is 17.9 Å². The molecular formula is C21H27NO4S. The van der Waals surface area contributed by atoms with Crippen molar-refractivity contribution in [1.82, 2.24) is 5.32 Å². The summed E-state index contributed by atoms with van der Waals surface area (Å²) in [4.78, 5) is 12.8. The van der Waals surface area contributed by atoms with Crippen molar-refractivity contribution in [2.45, 2.75) is 51.2 Å². The second-order valence-electron chi connectivity index (χ2n) is 6.82. The zero-order chi connectivity index (χ0) is 20.2. The summed E-state index contributed by atoms with van der Waals surface area (Å²) in [7, 11) is -3.24. The maximum Gasteiger partial charge on any atom is 0.261 e. The van der Waals surface area contributed by atoms with Crippen molar-refractivity contribution >= 4 is 15.7 Å². The van der Waals surface area contributed by atoms with Gasteiger partial charge in [-0.15, -0.1) is 0 Å². The first-order valence-corrected chi connectivity index (χ1v) is 10.8. The van der Waals surface area contributed by atoms with E-state index in [1.54, 1.807) is 31.2 Å². The smallest absolute Gasteiger partial charge is 0.261 e. The molecule has 0 spiro atoms. The number of amides is 1. The number of nitrogens with one attached hydrogen (secondary N) is 1. The predicted molar refractivity (Wildman–Crippen MR) is 107 cm³/mol. The van der Waals surface area contributed by atoms with E-state index in [0.29, 0.717) is 12.2 Å². The minimum Gasteiger partial charge on any atom is -0.481 e. The van der Waals surface area contributed by atoms with Crippen LogP contribution < -0.4 is 10.1 Å². The van der Waals surface area contributed by atoms with Gasteiger partial charge in [-0.2, -0.15) is 0 Å². The number of sulfone groups is 1. The number of rotatable bonds is 7. The summed E-state index contributed by atoms with van der Waals surface area (Å²) in [6.45, 7) is 7.70. The minimum atomic E-state index is -3.24. The Labute approximate surface area is 161 Å². The molecule has 0 aliphatic rings. The topological polar surface area (TPSA) is 72.5 Å². The third-order valence-electron chi connectivity index (χ3n) is 4.60. The molecular weight excluding hydrogens is 362 g/mol. The van der Waals surface area contributed by atoms with E-state index in [0.717, 1.165) is 11.1 Å². The van der Waals surface area contributed by atoms with Gasteiger partial charge in [-0.05, 0) is 68.1 Å². The van der Waals surface area contributed by atoms with Gasteiger partial charge in [0.15, 0.2) is 15.9 Å². The van der Waals surface area contributed by atoms with Crippen molar-refractivity contribution in [1.29, 1.82) is 0 Å². The van der Waals surface area contributed by atoms with Crippen LogP contribution in [0.2, 0.25) is 0 Å². The number of carbonyl (C=O) groups is 1. The highest BCUT2D eigenvalue weighted by Crippen LogP contribution is 2.21. The maximum atomic E-state index is 12.5. The third kappa shape index (κ3) is 5.57. The Bertz CT molecular complexity index is 904. The molecule has 0 aliphatic heterocycles. The molecule has 0 fully saturated rings. The maximum absolute atomic E-state index is 12.5. The summed E-state index contributed by atoms with van der Waals surface area (Å²) >= 11 is 0. The molecule has 0 unspecified atom stereocenters. The van der Waals surface area contributed by atoms with Gasteiger partial charge in [0.1, 0.15) is 5.75 Å². The summed E-state index contributed by atoms with van der Waals surface area (Å²) < 4.78 is 28.9. The van der Waals surface area contributed by atoms with Crippen LogP contribution >= 0.6 is 0 Å². The van der Waals surface area contributed by atoms with Gasteiger partial charge in [0.05, 0.1) is 10.9 Å². The second kappa shape index (κ2) is 8.57. The van der Waals surface area contributed by atoms with Crippen LogP contribution in [0.1, 0.15) is 43.0 Å². The van der Waals surface area contributed by atoms with Gasteiger partial charge in [0, 0.05) is 6.26 Å². The Morgan fingerprint density at radius 3 is 2.22 bits per heavy atom. The van der Waals surface area contributed by atoms with Gasteiger partial charge in [0.25, 0.3) is 5.91 Å². The number of aryl methyl sites for hydroxylation is 2. The largest absolute Gasteiger partial charge is 0.481 e. The van der Waals surface area contributed by atoms with E-state index in [2.05, 4.69) is 5.32 Å². The summed E-state index contributed by atoms with van der Waals surface area (Å²) in [6, 6.07) is 12.1. The molecule has 146 valence electrons. The van der Waals surface area contributed by atoms with Gasteiger partial charge in [-0.3, -0.25) is 4.79 Å². The summed E-state index contributed by atoms with van der Waals surface area (Å²) in [5, 5.41) is 2.97. The SMILES string of the molecule is CC[C@@H](NC(=O)[C@@H](C)Oc1ccc(C)c(C)c1)c1ccc(S(C)(=O)=O)cc1. The molecule has 1 amide bonds. The van der Waals surface area contributed by atoms with E-state index < -0.39 is 15.9 Å². The van der Waals surface area contributed by atoms with E-state index in [9.17, 15) is 13.2 Å². The highest BCUT2D eigenvalue weighted by Gasteiger charge is 2.20. The van der Waals surface area contributed by atoms with Gasteiger partial charge in [-0.25, -0.2) is 8.42 Å². The van der Waals surface area contributed by atoms with Crippen LogP contribution in [0.3, 0.4) is 0 Å². The van der Waals surface area contributed by atoms with Crippen molar-refractivity contribution in [2.24, 2.45) is 0 Å². The van der Waals surface area contributed by atoms with Crippen molar-refractivity contribution in [3.63, 3.8) is 0 Å². The Hall–Kier alpha value is -2.34. The van der Waals surface area contributed by atoms with Gasteiger partial charge < -0.3 is 10.1 Å². The first kappa shape index (κ1) is 21.0. The minimum absolute atomic E-state index is 0.211. The van der Waals surface area contributed by atoms with E-state index in [1.165, 1.54) is 11.8 Å². The Morgan fingerprint density at radius 1 is 1.07 bits per heavy atom. The molecule has 2 aromatic rings. The Balaban J connectivity index is 2.06. The van der Waals surface area contributed by atoms with Crippen LogP contribution in [0, 0.1) is 13.8 Å². The number of ether oxygens (including phenoxy) is 1. The molecule has 0 saturated heterocycles. The first-order valence-electron chi connectivity index (χ1n) is 8.96. The number of benzene rings is 2. The molecule has 27 heavy (non-hydrogen) atoms. The third-order valence-corrected chi connectivity index (χ3v) is 5.72. The average molecular weight is 390 g/mol. The fraction of sp³-hybridized carbons (Fsp3) is 0.381. The molecule has 2 rings (SSSR count). The van der Waals surface area contributed by atoms with E-state index in [1.807, 2.05) is 39.0 Å². The summed E-state index contributed by atoms with van der Waals surface area (Å²) in [6.07, 6.45) is 1.21. The number of hydrogen-bond acceptors (Lipinski definition) is 4. The van der Waals surface area contributed by atoms with Crippen molar-refractivity contribution in [2.75, 3.05) is 6.26 Å². The lowest BCUT2D eigenvalue weighted by Crippen LogP contribution is -2.38. The molecule has 0 heterocycles. The first-order chi connectivity index (χ1) is 12.6. The molecule has 0 bridgehead atoms. The van der Waals surface area contributed by atoms with E-state index in [-0.39, 0.29) is 16.8 Å². The molecule has 0 saturated carbocycles. The van der Waals surface area contributed by atoms with Crippen LogP contribution in [0.5, 0.6) is 5.75 Å². The standard InChI is InChI=1S/C21H27NO4S/c1-6-20(17-8-11-19(12-9-17)27(5,24)25)22-21(23)16(4)26-18-10-7-14(2)15(3)13-18/h7-13,16,20H,6H2,1-5H3,(H,22,23)/t16-,20-/m1/s1. The van der Waals surface area contributed by atoms with Crippen molar-refractivity contribution in [3.8, 4) is 5.75 Å². The monoisotopic (exact) mass is 389 g/mol. The highest BCUT2D eigenvalue weighted by atomic mass is 32.2. The van der Waals surface area contributed by atoms with Crippen molar-refractivity contribution in [3.05, 3.63) is 59.2 Å². The van der Waals surface area contributed by atoms with Crippen LogP contribution in [-0.2, 0) is 14.6 Å². The van der Waals surface area contributed by atoms with Gasteiger partial charge >= 0.3 is 0 Å². The molecule has 2 aromatic carbocycles. The second-order valence-corrected chi connectivity index (χ2v) is 8.83. The molecule has 6 heteroatoms. The lowest BCUT2D eigenvalue weighted by Gasteiger charge is -2.21. The Morgan fingerprint density at radius 2 is 1.70 bits per heavy atom. The fourth-order valence-corrected chi connectivity index (χ4v) is 3.33. The lowest BCUT2D eigenvalue weighted by atomic mass is 10.0. The van der Waals surface area contributed by atoms with Crippen LogP contribution in [0.4, 0.5) is 0 Å². The Kier molecular flexibility index (Phi) is 6.65. The molecule has 1 N–H and O–H groups in total. The van der Waals surface area contributed by atoms with E-state index >= 15 is 0 Å². The van der Waals surface area contributed by atoms with Crippen LogP contribution in [0.15, 0.2) is 47.4 Å². The highest BCUT2D eigenvalue weighted by molar-refractivity contribution is 7.90. The van der Waals surface area contributed by atoms with Gasteiger partial charge in [-0.1, -0.05) is 25.1 Å². The normalized spacial score (nSPS) is 13.7. The number of hydrogen-bond donors (Lipinski definition) is 1. The quantitative estimate of drug-likeness (QED) is 0.783. The van der Waals surface area contributed by atoms with Gasteiger partial charge in [0.2, 0.25) is 0 Å². The van der Waals surface area contributed by atoms with E-state index in [4.69, 9.17) is 4.74 Å².